The third kappa shape index (κ3) is 2.93. The highest BCUT2D eigenvalue weighted by Crippen LogP contribution is 2.31. The molecule has 1 aromatic heterocycles. The number of nitrogens with zero attached hydrogens (tertiary/aromatic N) is 4. The zero-order valence-corrected chi connectivity index (χ0v) is 12.3. The molecule has 0 saturated heterocycles. The van der Waals surface area contributed by atoms with Gasteiger partial charge in [-0.2, -0.15) is 0 Å². The Morgan fingerprint density at radius 2 is 2.26 bits per heavy atom. The van der Waals surface area contributed by atoms with Gasteiger partial charge in [0.05, 0.1) is 21.3 Å². The van der Waals surface area contributed by atoms with Crippen molar-refractivity contribution in [3.63, 3.8) is 0 Å². The van der Waals surface area contributed by atoms with Crippen LogP contribution in [0.1, 0.15) is 11.3 Å². The van der Waals surface area contributed by atoms with Crippen molar-refractivity contribution >= 4 is 33.2 Å². The lowest BCUT2D eigenvalue weighted by molar-refractivity contribution is -0.384. The van der Waals surface area contributed by atoms with E-state index in [0.29, 0.717) is 28.2 Å². The summed E-state index contributed by atoms with van der Waals surface area (Å²) in [5, 5.41) is 19.0. The summed E-state index contributed by atoms with van der Waals surface area (Å²) in [6.45, 7) is 1.79. The summed E-state index contributed by atoms with van der Waals surface area (Å²) in [5.41, 5.74) is 1.83. The fourth-order valence-electron chi connectivity index (χ4n) is 1.70. The maximum atomic E-state index is 11.1. The largest absolute Gasteiger partial charge is 0.296 e. The van der Waals surface area contributed by atoms with Crippen molar-refractivity contribution < 1.29 is 4.92 Å². The number of hydrogen-bond acceptors (Lipinski definition) is 4. The smallest absolute Gasteiger partial charge is 0.258 e. The summed E-state index contributed by atoms with van der Waals surface area (Å²) in [6.07, 6.45) is 2.21. The molecule has 0 spiro atoms. The lowest BCUT2D eigenvalue weighted by Gasteiger charge is -2.06. The fraction of sp³-hybridized carbons (Fsp3) is 0.273. The molecule has 1 aromatic carbocycles. The second-order valence-corrected chi connectivity index (χ2v) is 5.20. The number of halogens is 2. The second-order valence-electron chi connectivity index (χ2n) is 3.97. The number of nitro groups is 1. The van der Waals surface area contributed by atoms with Gasteiger partial charge in [-0.05, 0) is 34.5 Å². The van der Waals surface area contributed by atoms with E-state index in [1.54, 1.807) is 19.2 Å². The molecule has 0 radical (unpaired) electrons. The van der Waals surface area contributed by atoms with Gasteiger partial charge in [-0.15, -0.1) is 16.7 Å². The maximum Gasteiger partial charge on any atom is 0.296 e. The van der Waals surface area contributed by atoms with Crippen molar-refractivity contribution in [3.8, 4) is 5.69 Å². The molecule has 0 fully saturated rings. The molecule has 0 unspecified atom stereocenters. The highest BCUT2D eigenvalue weighted by molar-refractivity contribution is 9.10. The van der Waals surface area contributed by atoms with E-state index < -0.39 is 4.92 Å². The summed E-state index contributed by atoms with van der Waals surface area (Å²) in [6, 6.07) is 3.30. The normalized spacial score (nSPS) is 10.7. The first-order valence-corrected chi connectivity index (χ1v) is 6.77. The van der Waals surface area contributed by atoms with Crippen molar-refractivity contribution in [1.82, 2.24) is 15.0 Å². The first-order valence-electron chi connectivity index (χ1n) is 5.45. The van der Waals surface area contributed by atoms with Crippen LogP contribution in [0.4, 0.5) is 5.69 Å². The van der Waals surface area contributed by atoms with Crippen LogP contribution in [-0.2, 0) is 6.42 Å². The number of alkyl halides is 1. The van der Waals surface area contributed by atoms with Crippen LogP contribution in [0.3, 0.4) is 0 Å². The first-order chi connectivity index (χ1) is 9.02. The molecular weight excluding hydrogens is 336 g/mol. The molecule has 0 bridgehead atoms. The number of nitro benzene ring substituents is 1. The van der Waals surface area contributed by atoms with Crippen molar-refractivity contribution in [3.05, 3.63) is 44.2 Å². The Hall–Kier alpha value is -1.47. The minimum atomic E-state index is -0.435. The van der Waals surface area contributed by atoms with Crippen LogP contribution in [0.5, 0.6) is 0 Å². The summed E-state index contributed by atoms with van der Waals surface area (Å²) >= 11 is 8.96. The molecule has 2 aromatic rings. The van der Waals surface area contributed by atoms with Crippen LogP contribution in [0, 0.1) is 17.0 Å². The van der Waals surface area contributed by atoms with Crippen molar-refractivity contribution in [1.29, 1.82) is 0 Å². The molecule has 8 heteroatoms. The molecule has 0 atom stereocenters. The molecule has 0 aliphatic carbocycles. The zero-order valence-electron chi connectivity index (χ0n) is 10.0. The van der Waals surface area contributed by atoms with Crippen molar-refractivity contribution in [2.24, 2.45) is 0 Å². The van der Waals surface area contributed by atoms with Crippen LogP contribution in [0.15, 0.2) is 22.8 Å². The number of aryl methyl sites for hydroxylation is 2. The van der Waals surface area contributed by atoms with E-state index in [0.717, 1.165) is 5.56 Å². The molecule has 2 rings (SSSR count). The summed E-state index contributed by atoms with van der Waals surface area (Å²) in [5.74, 6) is 0.426. The second kappa shape index (κ2) is 5.66. The van der Waals surface area contributed by atoms with Crippen LogP contribution >= 0.6 is 27.5 Å². The van der Waals surface area contributed by atoms with Gasteiger partial charge in [-0.1, -0.05) is 5.21 Å². The minimum Gasteiger partial charge on any atom is -0.258 e. The van der Waals surface area contributed by atoms with Gasteiger partial charge < -0.3 is 0 Å². The Balaban J connectivity index is 2.56. The Morgan fingerprint density at radius 1 is 1.53 bits per heavy atom. The third-order valence-corrected chi connectivity index (χ3v) is 3.30. The molecule has 0 aliphatic rings. The monoisotopic (exact) mass is 344 g/mol. The van der Waals surface area contributed by atoms with E-state index in [1.807, 2.05) is 0 Å². The van der Waals surface area contributed by atoms with Crippen molar-refractivity contribution in [2.75, 3.05) is 5.88 Å². The summed E-state index contributed by atoms with van der Waals surface area (Å²) < 4.78 is 1.99. The van der Waals surface area contributed by atoms with E-state index in [2.05, 4.69) is 26.2 Å². The fourth-order valence-corrected chi connectivity index (χ4v) is 2.64. The Kier molecular flexibility index (Phi) is 4.16. The average molecular weight is 346 g/mol. The maximum absolute atomic E-state index is 11.1. The topological polar surface area (TPSA) is 73.8 Å². The van der Waals surface area contributed by atoms with Crippen molar-refractivity contribution in [2.45, 2.75) is 13.3 Å². The molecule has 0 saturated carbocycles. The van der Waals surface area contributed by atoms with Gasteiger partial charge in [-0.3, -0.25) is 10.1 Å². The number of benzene rings is 1. The van der Waals surface area contributed by atoms with Crippen LogP contribution in [-0.4, -0.2) is 25.8 Å². The quantitative estimate of drug-likeness (QED) is 0.485. The highest BCUT2D eigenvalue weighted by Gasteiger charge is 2.20. The van der Waals surface area contributed by atoms with Gasteiger partial charge in [0.2, 0.25) is 0 Å². The van der Waals surface area contributed by atoms with E-state index >= 15 is 0 Å². The number of rotatable bonds is 4. The third-order valence-electron chi connectivity index (χ3n) is 2.50. The average Bonchev–Trinajstić information content (AvgIpc) is 2.76. The zero-order chi connectivity index (χ0) is 14.0. The number of aromatic nitrogens is 3. The molecule has 0 N–H and O–H groups in total. The minimum absolute atomic E-state index is 0.0193. The standard InChI is InChI=1S/C11H10BrClN4O2/c1-7-4-9(12)11(10(5-7)17(18)19)16-6-8(2-3-13)14-15-16/h4-6H,2-3H2,1H3. The molecule has 1 heterocycles. The molecule has 0 amide bonds. The molecule has 19 heavy (non-hydrogen) atoms. The Bertz CT molecular complexity index is 629. The van der Waals surface area contributed by atoms with Crippen LogP contribution < -0.4 is 0 Å². The predicted molar refractivity (Wildman–Crippen MR) is 74.9 cm³/mol. The summed E-state index contributed by atoms with van der Waals surface area (Å²) in [7, 11) is 0. The SMILES string of the molecule is Cc1cc(Br)c(-n2cc(CCCl)nn2)c([N+](=O)[O-])c1. The van der Waals surface area contributed by atoms with Gasteiger partial charge in [0.1, 0.15) is 0 Å². The first kappa shape index (κ1) is 14.0. The van der Waals surface area contributed by atoms with Gasteiger partial charge in [-0.25, -0.2) is 4.68 Å². The molecule has 0 aliphatic heterocycles. The molecule has 100 valence electrons. The van der Waals surface area contributed by atoms with Gasteiger partial charge in [0, 0.05) is 18.4 Å². The predicted octanol–water partition coefficient (Wildman–Crippen LogP) is 3.03. The lowest BCUT2D eigenvalue weighted by atomic mass is 10.2. The lowest BCUT2D eigenvalue weighted by Crippen LogP contribution is -2.02. The van der Waals surface area contributed by atoms with E-state index in [-0.39, 0.29) is 5.69 Å². The van der Waals surface area contributed by atoms with Gasteiger partial charge in [0.25, 0.3) is 5.69 Å². The molecule has 6 nitrogen and oxygen atoms in total. The van der Waals surface area contributed by atoms with E-state index in [9.17, 15) is 10.1 Å². The van der Waals surface area contributed by atoms with Gasteiger partial charge in [0.15, 0.2) is 5.69 Å². The van der Waals surface area contributed by atoms with Gasteiger partial charge >= 0.3 is 0 Å². The summed E-state index contributed by atoms with van der Waals surface area (Å²) in [4.78, 5) is 10.7. The van der Waals surface area contributed by atoms with E-state index in [1.165, 1.54) is 10.7 Å². The van der Waals surface area contributed by atoms with Crippen LogP contribution in [0.25, 0.3) is 5.69 Å². The Morgan fingerprint density at radius 3 is 2.89 bits per heavy atom. The highest BCUT2D eigenvalue weighted by atomic mass is 79.9. The number of hydrogen-bond donors (Lipinski definition) is 0. The van der Waals surface area contributed by atoms with Crippen LogP contribution in [0.2, 0.25) is 0 Å². The Labute approximate surface area is 122 Å². The molecular formula is C11H10BrClN4O2. The van der Waals surface area contributed by atoms with E-state index in [4.69, 9.17) is 11.6 Å².